The molecule has 1 aliphatic carbocycles. The van der Waals surface area contributed by atoms with Gasteiger partial charge in [-0.25, -0.2) is 13.1 Å². The van der Waals surface area contributed by atoms with E-state index in [2.05, 4.69) is 14.9 Å². The predicted molar refractivity (Wildman–Crippen MR) is 55.7 cm³/mol. The Morgan fingerprint density at radius 1 is 1.67 bits per heavy atom. The quantitative estimate of drug-likeness (QED) is 0.787. The van der Waals surface area contributed by atoms with Crippen LogP contribution >= 0.6 is 0 Å². The summed E-state index contributed by atoms with van der Waals surface area (Å²) < 4.78 is 26.1. The van der Waals surface area contributed by atoms with Gasteiger partial charge < -0.3 is 0 Å². The van der Waals surface area contributed by atoms with E-state index in [9.17, 15) is 8.42 Å². The third-order valence-electron chi connectivity index (χ3n) is 2.50. The van der Waals surface area contributed by atoms with E-state index in [1.54, 1.807) is 0 Å². The van der Waals surface area contributed by atoms with Crippen LogP contribution in [0.3, 0.4) is 0 Å². The Labute approximate surface area is 89.3 Å². The molecule has 1 fully saturated rings. The molecule has 84 valence electrons. The first-order valence-electron chi connectivity index (χ1n) is 5.09. The van der Waals surface area contributed by atoms with Crippen LogP contribution in [0.5, 0.6) is 0 Å². The maximum absolute atomic E-state index is 11.7. The lowest BCUT2D eigenvalue weighted by Gasteiger charge is -2.12. The average molecular weight is 229 g/mol. The van der Waals surface area contributed by atoms with Gasteiger partial charge in [0, 0.05) is 6.04 Å². The third-order valence-corrected chi connectivity index (χ3v) is 4.02. The van der Waals surface area contributed by atoms with Crippen molar-refractivity contribution in [3.63, 3.8) is 0 Å². The molecule has 0 spiro atoms. The van der Waals surface area contributed by atoms with Gasteiger partial charge in [-0.3, -0.25) is 5.10 Å². The number of aromatic nitrogens is 2. The molecule has 0 radical (unpaired) electrons. The Kier molecular flexibility index (Phi) is 2.79. The van der Waals surface area contributed by atoms with Gasteiger partial charge in [-0.15, -0.1) is 0 Å². The van der Waals surface area contributed by atoms with E-state index < -0.39 is 10.0 Å². The highest BCUT2D eigenvalue weighted by Crippen LogP contribution is 2.33. The molecule has 1 heterocycles. The summed E-state index contributed by atoms with van der Waals surface area (Å²) >= 11 is 0. The molecule has 1 unspecified atom stereocenters. The summed E-state index contributed by atoms with van der Waals surface area (Å²) in [4.78, 5) is 0. The van der Waals surface area contributed by atoms with Crippen LogP contribution in [0.4, 0.5) is 0 Å². The maximum Gasteiger partial charge on any atom is 0.257 e. The molecule has 0 amide bonds. The van der Waals surface area contributed by atoms with Crippen molar-refractivity contribution < 1.29 is 8.42 Å². The lowest BCUT2D eigenvalue weighted by atomic mass is 10.2. The molecule has 0 aromatic carbocycles. The number of rotatable bonds is 5. The second-order valence-corrected chi connectivity index (χ2v) is 5.80. The highest BCUT2D eigenvalue weighted by atomic mass is 32.2. The molecule has 0 bridgehead atoms. The molecule has 0 aliphatic heterocycles. The first kappa shape index (κ1) is 10.6. The van der Waals surface area contributed by atoms with Crippen molar-refractivity contribution >= 4 is 10.0 Å². The van der Waals surface area contributed by atoms with E-state index in [-0.39, 0.29) is 11.1 Å². The van der Waals surface area contributed by atoms with Crippen molar-refractivity contribution in [1.29, 1.82) is 0 Å². The summed E-state index contributed by atoms with van der Waals surface area (Å²) in [6.45, 7) is 1.90. The van der Waals surface area contributed by atoms with Gasteiger partial charge in [0.1, 0.15) is 0 Å². The van der Waals surface area contributed by atoms with Crippen LogP contribution in [-0.4, -0.2) is 24.7 Å². The molecule has 0 saturated heterocycles. The van der Waals surface area contributed by atoms with E-state index in [0.717, 1.165) is 6.42 Å². The number of hydrogen-bond donors (Lipinski definition) is 2. The van der Waals surface area contributed by atoms with Gasteiger partial charge in [0.25, 0.3) is 10.0 Å². The average Bonchev–Trinajstić information content (AvgIpc) is 2.79. The highest BCUT2D eigenvalue weighted by Gasteiger charge is 2.26. The van der Waals surface area contributed by atoms with Gasteiger partial charge in [0.2, 0.25) is 0 Å². The summed E-state index contributed by atoms with van der Waals surface area (Å²) in [5.74, 6) is 0.712. The third kappa shape index (κ3) is 2.79. The fourth-order valence-electron chi connectivity index (χ4n) is 1.62. The summed E-state index contributed by atoms with van der Waals surface area (Å²) in [6.07, 6.45) is 4.82. The van der Waals surface area contributed by atoms with E-state index in [1.807, 2.05) is 6.92 Å². The number of aromatic amines is 1. The van der Waals surface area contributed by atoms with E-state index in [1.165, 1.54) is 25.1 Å². The predicted octanol–water partition coefficient (Wildman–Crippen LogP) is 0.877. The van der Waals surface area contributed by atoms with Crippen molar-refractivity contribution in [3.05, 3.63) is 12.3 Å². The largest absolute Gasteiger partial charge is 0.266 e. The molecule has 1 atom stereocenters. The van der Waals surface area contributed by atoms with Crippen molar-refractivity contribution in [2.45, 2.75) is 37.3 Å². The number of H-pyrrole nitrogens is 1. The number of nitrogens with zero attached hydrogens (tertiary/aromatic N) is 1. The Balaban J connectivity index is 1.97. The smallest absolute Gasteiger partial charge is 0.257 e. The van der Waals surface area contributed by atoms with Crippen LogP contribution in [0.25, 0.3) is 0 Å². The van der Waals surface area contributed by atoms with Crippen LogP contribution < -0.4 is 4.72 Å². The molecule has 1 saturated carbocycles. The molecule has 1 aliphatic rings. The lowest BCUT2D eigenvalue weighted by molar-refractivity contribution is 0.527. The van der Waals surface area contributed by atoms with Gasteiger partial charge in [-0.2, -0.15) is 5.10 Å². The number of sulfonamides is 1. The standard InChI is InChI=1S/C9H15N3O2S/c1-7(6-8-2-3-8)12-15(13,14)9-4-5-10-11-9/h4-5,7-8,12H,2-3,6H2,1H3,(H,10,11). The van der Waals surface area contributed by atoms with Crippen LogP contribution in [0, 0.1) is 5.92 Å². The van der Waals surface area contributed by atoms with Gasteiger partial charge in [0.15, 0.2) is 5.03 Å². The number of nitrogens with one attached hydrogen (secondary N) is 2. The minimum absolute atomic E-state index is 0.00852. The summed E-state index contributed by atoms with van der Waals surface area (Å²) in [5.41, 5.74) is 0. The molecule has 6 heteroatoms. The zero-order valence-corrected chi connectivity index (χ0v) is 9.42. The Hall–Kier alpha value is -0.880. The first-order chi connectivity index (χ1) is 7.08. The SMILES string of the molecule is CC(CC1CC1)NS(=O)(=O)c1ccn[nH]1. The van der Waals surface area contributed by atoms with Crippen molar-refractivity contribution in [1.82, 2.24) is 14.9 Å². The van der Waals surface area contributed by atoms with Crippen LogP contribution in [0.2, 0.25) is 0 Å². The molecular formula is C9H15N3O2S. The minimum Gasteiger partial charge on any atom is -0.266 e. The van der Waals surface area contributed by atoms with Crippen molar-refractivity contribution in [3.8, 4) is 0 Å². The second kappa shape index (κ2) is 3.94. The summed E-state index contributed by atoms with van der Waals surface area (Å²) in [6, 6.07) is 1.44. The first-order valence-corrected chi connectivity index (χ1v) is 6.58. The molecule has 15 heavy (non-hydrogen) atoms. The normalized spacial score (nSPS) is 19.0. The minimum atomic E-state index is -3.40. The molecule has 2 rings (SSSR count). The summed E-state index contributed by atoms with van der Waals surface area (Å²) in [7, 11) is -3.40. The molecule has 1 aromatic rings. The molecule has 5 nitrogen and oxygen atoms in total. The fourth-order valence-corrected chi connectivity index (χ4v) is 2.79. The molecule has 2 N–H and O–H groups in total. The van der Waals surface area contributed by atoms with Gasteiger partial charge in [-0.1, -0.05) is 12.8 Å². The van der Waals surface area contributed by atoms with Crippen molar-refractivity contribution in [2.24, 2.45) is 5.92 Å². The maximum atomic E-state index is 11.7. The van der Waals surface area contributed by atoms with Gasteiger partial charge >= 0.3 is 0 Å². The zero-order chi connectivity index (χ0) is 10.9. The van der Waals surface area contributed by atoms with Crippen LogP contribution in [0.1, 0.15) is 26.2 Å². The second-order valence-electron chi connectivity index (χ2n) is 4.12. The Morgan fingerprint density at radius 2 is 2.40 bits per heavy atom. The monoisotopic (exact) mass is 229 g/mol. The Bertz CT molecular complexity index is 409. The summed E-state index contributed by atoms with van der Waals surface area (Å²) in [5, 5.41) is 6.21. The zero-order valence-electron chi connectivity index (χ0n) is 8.60. The van der Waals surface area contributed by atoms with E-state index in [0.29, 0.717) is 5.92 Å². The highest BCUT2D eigenvalue weighted by molar-refractivity contribution is 7.89. The molecular weight excluding hydrogens is 214 g/mol. The van der Waals surface area contributed by atoms with Crippen LogP contribution in [-0.2, 0) is 10.0 Å². The van der Waals surface area contributed by atoms with Gasteiger partial charge in [-0.05, 0) is 25.3 Å². The number of hydrogen-bond acceptors (Lipinski definition) is 3. The molecule has 1 aromatic heterocycles. The van der Waals surface area contributed by atoms with Gasteiger partial charge in [0.05, 0.1) is 6.20 Å². The van der Waals surface area contributed by atoms with Crippen molar-refractivity contribution in [2.75, 3.05) is 0 Å². The Morgan fingerprint density at radius 3 is 2.93 bits per heavy atom. The van der Waals surface area contributed by atoms with E-state index >= 15 is 0 Å². The lowest BCUT2D eigenvalue weighted by Crippen LogP contribution is -2.33. The topological polar surface area (TPSA) is 74.8 Å². The van der Waals surface area contributed by atoms with Crippen LogP contribution in [0.15, 0.2) is 17.3 Å². The van der Waals surface area contributed by atoms with E-state index in [4.69, 9.17) is 0 Å². The fraction of sp³-hybridized carbons (Fsp3) is 0.667.